The quantitative estimate of drug-likeness (QED) is 0.425. The molecule has 3 aliphatic heterocycles. The van der Waals surface area contributed by atoms with Crippen molar-refractivity contribution >= 4 is 35.2 Å². The number of carbonyl (C=O) groups excluding carboxylic acids is 2. The maximum atomic E-state index is 13.5. The van der Waals surface area contributed by atoms with Gasteiger partial charge in [0, 0.05) is 47.8 Å². The van der Waals surface area contributed by atoms with Crippen LogP contribution in [0.1, 0.15) is 61.9 Å². The lowest BCUT2D eigenvalue weighted by Crippen LogP contribution is -2.65. The number of nitrogens with one attached hydrogen (secondary N) is 3. The standard InChI is InChI=1S/C28H39ClFN3O5S/c1-15-9-22(39-4)20(26(35)32-15)11-31-25(34)19-10-21(29)24-23(16(19)2)37-27(3,38-24)17-5-7-18(8-6-17)33-28(12-30)13-36-14-28/h10,15,17-18,20,22,33H,5-9,11-14H2,1-4H3,(H,31,34)(H,32,35). The lowest BCUT2D eigenvalue weighted by Gasteiger charge is -2.45. The highest BCUT2D eigenvalue weighted by Gasteiger charge is 2.48. The van der Waals surface area contributed by atoms with E-state index in [1.165, 1.54) is 0 Å². The second-order valence-electron chi connectivity index (χ2n) is 11.7. The summed E-state index contributed by atoms with van der Waals surface area (Å²) in [5.74, 6) is -0.468. The monoisotopic (exact) mass is 583 g/mol. The third-order valence-electron chi connectivity index (χ3n) is 8.83. The Balaban J connectivity index is 1.23. The zero-order chi connectivity index (χ0) is 27.9. The maximum Gasteiger partial charge on any atom is 0.251 e. The van der Waals surface area contributed by atoms with Gasteiger partial charge in [-0.3, -0.25) is 9.59 Å². The van der Waals surface area contributed by atoms with Crippen molar-refractivity contribution in [3.8, 4) is 11.5 Å². The molecular formula is C28H39ClFN3O5S. The number of halogens is 2. The number of amides is 2. The molecule has 3 fully saturated rings. The van der Waals surface area contributed by atoms with Crippen LogP contribution < -0.4 is 25.4 Å². The van der Waals surface area contributed by atoms with Gasteiger partial charge in [-0.1, -0.05) is 11.6 Å². The molecule has 3 N–H and O–H groups in total. The van der Waals surface area contributed by atoms with Gasteiger partial charge in [0.15, 0.2) is 11.5 Å². The summed E-state index contributed by atoms with van der Waals surface area (Å²) >= 11 is 8.27. The molecule has 4 atom stereocenters. The van der Waals surface area contributed by atoms with Crippen LogP contribution in [0.15, 0.2) is 6.07 Å². The molecule has 1 saturated carbocycles. The molecule has 8 nitrogen and oxygen atoms in total. The third kappa shape index (κ3) is 5.59. The molecule has 2 amide bonds. The minimum atomic E-state index is -0.906. The molecule has 1 aromatic carbocycles. The third-order valence-corrected chi connectivity index (χ3v) is 10.2. The highest BCUT2D eigenvalue weighted by atomic mass is 35.5. The summed E-state index contributed by atoms with van der Waals surface area (Å²) in [4.78, 5) is 25.8. The molecule has 0 bridgehead atoms. The van der Waals surface area contributed by atoms with Crippen molar-refractivity contribution in [2.75, 3.05) is 32.7 Å². The van der Waals surface area contributed by atoms with Gasteiger partial charge in [0.2, 0.25) is 5.91 Å². The number of fused-ring (bicyclic) bond motifs is 1. The van der Waals surface area contributed by atoms with Crippen molar-refractivity contribution in [2.45, 2.75) is 81.5 Å². The molecule has 2 saturated heterocycles. The number of hydrogen-bond acceptors (Lipinski definition) is 7. The highest BCUT2D eigenvalue weighted by Crippen LogP contribution is 2.51. The molecule has 5 rings (SSSR count). The minimum Gasteiger partial charge on any atom is -0.448 e. The zero-order valence-corrected chi connectivity index (χ0v) is 24.6. The van der Waals surface area contributed by atoms with E-state index < -0.39 is 18.0 Å². The number of piperidine rings is 1. The second kappa shape index (κ2) is 11.3. The topological polar surface area (TPSA) is 97.9 Å². The number of benzene rings is 1. The van der Waals surface area contributed by atoms with Gasteiger partial charge < -0.3 is 30.2 Å². The molecule has 4 unspecified atom stereocenters. The van der Waals surface area contributed by atoms with Gasteiger partial charge in [-0.15, -0.1) is 0 Å². The first-order valence-electron chi connectivity index (χ1n) is 13.8. The minimum absolute atomic E-state index is 0.0320. The van der Waals surface area contributed by atoms with E-state index in [0.717, 1.165) is 32.1 Å². The van der Waals surface area contributed by atoms with Crippen LogP contribution >= 0.6 is 23.4 Å². The maximum absolute atomic E-state index is 13.5. The van der Waals surface area contributed by atoms with Crippen LogP contribution in [0.25, 0.3) is 0 Å². The summed E-state index contributed by atoms with van der Waals surface area (Å²) in [6.07, 6.45) is 6.34. The smallest absolute Gasteiger partial charge is 0.251 e. The van der Waals surface area contributed by atoms with E-state index in [9.17, 15) is 14.0 Å². The van der Waals surface area contributed by atoms with Crippen molar-refractivity contribution in [3.05, 3.63) is 22.2 Å². The number of carbonyl (C=O) groups is 2. The molecule has 0 spiro atoms. The van der Waals surface area contributed by atoms with E-state index in [1.54, 1.807) is 17.8 Å². The summed E-state index contributed by atoms with van der Waals surface area (Å²) in [5.41, 5.74) is 0.530. The number of hydrogen-bond donors (Lipinski definition) is 3. The molecule has 0 radical (unpaired) electrons. The van der Waals surface area contributed by atoms with Gasteiger partial charge in [0.1, 0.15) is 6.67 Å². The molecule has 216 valence electrons. The fourth-order valence-electron chi connectivity index (χ4n) is 6.36. The lowest BCUT2D eigenvalue weighted by atomic mass is 9.80. The second-order valence-corrected chi connectivity index (χ2v) is 13.2. The number of rotatable bonds is 8. The Hall–Kier alpha value is -1.75. The fourth-order valence-corrected chi connectivity index (χ4v) is 7.63. The number of thioether (sulfide) groups is 1. The Morgan fingerprint density at radius 2 is 1.92 bits per heavy atom. The van der Waals surface area contributed by atoms with E-state index in [1.807, 2.05) is 27.0 Å². The van der Waals surface area contributed by atoms with Crippen molar-refractivity contribution in [3.63, 3.8) is 0 Å². The SMILES string of the molecule is CSC1CC(C)NC(=O)C1CNC(=O)c1cc(Cl)c2c(c1C)OC(C)(C1CCC(NC3(CF)COC3)CC1)O2. The molecule has 1 aliphatic carbocycles. The summed E-state index contributed by atoms with van der Waals surface area (Å²) in [6.45, 7) is 6.41. The first kappa shape index (κ1) is 28.8. The highest BCUT2D eigenvalue weighted by molar-refractivity contribution is 7.99. The van der Waals surface area contributed by atoms with Crippen LogP contribution in [-0.4, -0.2) is 73.2 Å². The number of alkyl halides is 1. The Morgan fingerprint density at radius 3 is 2.54 bits per heavy atom. The summed E-state index contributed by atoms with van der Waals surface area (Å²) in [5, 5.41) is 9.87. The van der Waals surface area contributed by atoms with E-state index in [0.29, 0.717) is 40.9 Å². The van der Waals surface area contributed by atoms with Crippen LogP contribution in [0, 0.1) is 18.8 Å². The predicted molar refractivity (Wildman–Crippen MR) is 150 cm³/mol. The average Bonchev–Trinajstić information content (AvgIpc) is 3.27. The summed E-state index contributed by atoms with van der Waals surface area (Å²) in [6, 6.07) is 1.98. The Kier molecular flexibility index (Phi) is 8.30. The summed E-state index contributed by atoms with van der Waals surface area (Å²) in [7, 11) is 0. The first-order valence-corrected chi connectivity index (χ1v) is 15.5. The largest absolute Gasteiger partial charge is 0.448 e. The van der Waals surface area contributed by atoms with E-state index in [2.05, 4.69) is 16.0 Å². The van der Waals surface area contributed by atoms with Gasteiger partial charge in [-0.2, -0.15) is 11.8 Å². The van der Waals surface area contributed by atoms with Gasteiger partial charge >= 0.3 is 0 Å². The van der Waals surface area contributed by atoms with Gasteiger partial charge in [0.25, 0.3) is 11.7 Å². The Labute approximate surface area is 238 Å². The van der Waals surface area contributed by atoms with Crippen molar-refractivity contribution in [1.82, 2.24) is 16.0 Å². The van der Waals surface area contributed by atoms with E-state index in [-0.39, 0.29) is 47.5 Å². The first-order chi connectivity index (χ1) is 18.6. The molecular weight excluding hydrogens is 545 g/mol. The number of ether oxygens (including phenoxy) is 3. The molecule has 39 heavy (non-hydrogen) atoms. The van der Waals surface area contributed by atoms with Crippen molar-refractivity contribution in [2.24, 2.45) is 11.8 Å². The molecule has 0 aromatic heterocycles. The van der Waals surface area contributed by atoms with Crippen LogP contribution in [0.3, 0.4) is 0 Å². The van der Waals surface area contributed by atoms with Crippen LogP contribution in [0.4, 0.5) is 4.39 Å². The average molecular weight is 584 g/mol. The Bertz CT molecular complexity index is 1110. The van der Waals surface area contributed by atoms with Crippen LogP contribution in [0.5, 0.6) is 11.5 Å². The Morgan fingerprint density at radius 1 is 1.23 bits per heavy atom. The normalized spacial score (nSPS) is 33.3. The molecule has 4 aliphatic rings. The van der Waals surface area contributed by atoms with Crippen LogP contribution in [-0.2, 0) is 9.53 Å². The molecule has 1 aromatic rings. The van der Waals surface area contributed by atoms with E-state index in [4.69, 9.17) is 25.8 Å². The van der Waals surface area contributed by atoms with E-state index >= 15 is 0 Å². The van der Waals surface area contributed by atoms with Crippen molar-refractivity contribution < 1.29 is 28.2 Å². The molecule has 3 heterocycles. The predicted octanol–water partition coefficient (Wildman–Crippen LogP) is 4.01. The van der Waals surface area contributed by atoms with Gasteiger partial charge in [-0.25, -0.2) is 4.39 Å². The molecule has 11 heteroatoms. The fraction of sp³-hybridized carbons (Fsp3) is 0.714. The van der Waals surface area contributed by atoms with Gasteiger partial charge in [-0.05, 0) is 58.3 Å². The van der Waals surface area contributed by atoms with Gasteiger partial charge in [0.05, 0.1) is 29.7 Å². The lowest BCUT2D eigenvalue weighted by molar-refractivity contribution is -0.127. The van der Waals surface area contributed by atoms with Crippen LogP contribution in [0.2, 0.25) is 5.02 Å². The summed E-state index contributed by atoms with van der Waals surface area (Å²) < 4.78 is 31.5. The zero-order valence-electron chi connectivity index (χ0n) is 23.0. The van der Waals surface area contributed by atoms with Crippen molar-refractivity contribution in [1.29, 1.82) is 0 Å².